The normalized spacial score (nSPS) is 10.8. The first-order valence-electron chi connectivity index (χ1n) is 10.7. The topological polar surface area (TPSA) is 74.6 Å². The molecule has 0 aliphatic carbocycles. The number of aromatic nitrogens is 2. The molecule has 0 radical (unpaired) electrons. The SMILES string of the molecule is COc1ccc(C(=O)NCc2nc3ccccc3n2CCOc2cccc(C)c2)cc1OC. The number of hydrogen-bond donors (Lipinski definition) is 1. The van der Waals surface area contributed by atoms with Crippen LogP contribution in [-0.4, -0.2) is 36.3 Å². The molecule has 0 saturated carbocycles. The monoisotopic (exact) mass is 445 g/mol. The standard InChI is InChI=1S/C26H27N3O4/c1-18-7-6-8-20(15-18)33-14-13-29-22-10-5-4-9-21(22)28-25(29)17-27-26(30)19-11-12-23(31-2)24(16-19)32-3/h4-12,15-16H,13-14,17H2,1-3H3,(H,27,30). The Kier molecular flexibility index (Phi) is 6.78. The molecular formula is C26H27N3O4. The average molecular weight is 446 g/mol. The third kappa shape index (κ3) is 5.09. The molecule has 4 aromatic rings. The van der Waals surface area contributed by atoms with Crippen LogP contribution in [0.3, 0.4) is 0 Å². The van der Waals surface area contributed by atoms with Gasteiger partial charge in [0.2, 0.25) is 0 Å². The van der Waals surface area contributed by atoms with Crippen molar-refractivity contribution in [3.05, 3.63) is 83.7 Å². The Balaban J connectivity index is 1.48. The van der Waals surface area contributed by atoms with Crippen LogP contribution in [-0.2, 0) is 13.1 Å². The second-order valence-corrected chi connectivity index (χ2v) is 7.59. The highest BCUT2D eigenvalue weighted by Gasteiger charge is 2.14. The molecule has 1 aromatic heterocycles. The maximum atomic E-state index is 12.8. The summed E-state index contributed by atoms with van der Waals surface area (Å²) in [4.78, 5) is 17.5. The molecule has 0 bridgehead atoms. The molecule has 0 aliphatic heterocycles. The van der Waals surface area contributed by atoms with Gasteiger partial charge in [-0.3, -0.25) is 4.79 Å². The first-order chi connectivity index (χ1) is 16.1. The lowest BCUT2D eigenvalue weighted by molar-refractivity contribution is 0.0949. The highest BCUT2D eigenvalue weighted by Crippen LogP contribution is 2.27. The van der Waals surface area contributed by atoms with Crippen LogP contribution in [0.15, 0.2) is 66.7 Å². The Morgan fingerprint density at radius 1 is 0.970 bits per heavy atom. The fourth-order valence-electron chi connectivity index (χ4n) is 3.71. The van der Waals surface area contributed by atoms with E-state index >= 15 is 0 Å². The third-order valence-corrected chi connectivity index (χ3v) is 5.36. The quantitative estimate of drug-likeness (QED) is 0.414. The molecule has 33 heavy (non-hydrogen) atoms. The van der Waals surface area contributed by atoms with E-state index in [9.17, 15) is 4.79 Å². The predicted molar refractivity (Wildman–Crippen MR) is 127 cm³/mol. The lowest BCUT2D eigenvalue weighted by Gasteiger charge is -2.12. The van der Waals surface area contributed by atoms with Gasteiger partial charge in [-0.15, -0.1) is 0 Å². The van der Waals surface area contributed by atoms with Crippen molar-refractivity contribution in [1.29, 1.82) is 0 Å². The van der Waals surface area contributed by atoms with Gasteiger partial charge in [0.1, 0.15) is 18.2 Å². The highest BCUT2D eigenvalue weighted by atomic mass is 16.5. The van der Waals surface area contributed by atoms with Crippen molar-refractivity contribution < 1.29 is 19.0 Å². The molecule has 7 heteroatoms. The summed E-state index contributed by atoms with van der Waals surface area (Å²) in [5.74, 6) is 2.46. The Bertz CT molecular complexity index is 1270. The molecule has 1 amide bonds. The van der Waals surface area contributed by atoms with Crippen molar-refractivity contribution >= 4 is 16.9 Å². The van der Waals surface area contributed by atoms with E-state index in [2.05, 4.69) is 9.88 Å². The van der Waals surface area contributed by atoms with Crippen LogP contribution in [0.1, 0.15) is 21.7 Å². The van der Waals surface area contributed by atoms with Crippen molar-refractivity contribution in [2.45, 2.75) is 20.0 Å². The van der Waals surface area contributed by atoms with Crippen molar-refractivity contribution in [3.8, 4) is 17.2 Å². The first kappa shape index (κ1) is 22.2. The van der Waals surface area contributed by atoms with E-state index in [1.165, 1.54) is 0 Å². The van der Waals surface area contributed by atoms with Crippen molar-refractivity contribution in [3.63, 3.8) is 0 Å². The van der Waals surface area contributed by atoms with Crippen LogP contribution in [0.5, 0.6) is 17.2 Å². The molecule has 1 heterocycles. The number of fused-ring (bicyclic) bond motifs is 1. The van der Waals surface area contributed by atoms with Crippen molar-refractivity contribution in [1.82, 2.24) is 14.9 Å². The number of nitrogens with zero attached hydrogens (tertiary/aromatic N) is 2. The highest BCUT2D eigenvalue weighted by molar-refractivity contribution is 5.94. The number of carbonyl (C=O) groups is 1. The Labute approximate surface area is 192 Å². The number of hydrogen-bond acceptors (Lipinski definition) is 5. The maximum absolute atomic E-state index is 12.8. The van der Waals surface area contributed by atoms with E-state index < -0.39 is 0 Å². The summed E-state index contributed by atoms with van der Waals surface area (Å²) >= 11 is 0. The summed E-state index contributed by atoms with van der Waals surface area (Å²) in [5.41, 5.74) is 3.52. The van der Waals surface area contributed by atoms with E-state index in [1.807, 2.05) is 55.5 Å². The summed E-state index contributed by atoms with van der Waals surface area (Å²) in [7, 11) is 3.10. The molecule has 0 aliphatic rings. The molecule has 3 aromatic carbocycles. The largest absolute Gasteiger partial charge is 0.493 e. The summed E-state index contributed by atoms with van der Waals surface area (Å²) < 4.78 is 18.6. The molecule has 4 rings (SSSR count). The number of ether oxygens (including phenoxy) is 3. The van der Waals surface area contributed by atoms with Gasteiger partial charge in [0, 0.05) is 5.56 Å². The van der Waals surface area contributed by atoms with Gasteiger partial charge in [-0.1, -0.05) is 24.3 Å². The average Bonchev–Trinajstić information content (AvgIpc) is 3.19. The van der Waals surface area contributed by atoms with Crippen LogP contribution in [0.4, 0.5) is 0 Å². The molecule has 0 unspecified atom stereocenters. The Morgan fingerprint density at radius 2 is 1.79 bits per heavy atom. The lowest BCUT2D eigenvalue weighted by Crippen LogP contribution is -2.25. The van der Waals surface area contributed by atoms with Crippen LogP contribution >= 0.6 is 0 Å². The van der Waals surface area contributed by atoms with Gasteiger partial charge in [0.25, 0.3) is 5.91 Å². The van der Waals surface area contributed by atoms with Gasteiger partial charge in [0.05, 0.1) is 38.3 Å². The summed E-state index contributed by atoms with van der Waals surface area (Å²) in [6.07, 6.45) is 0. The van der Waals surface area contributed by atoms with Gasteiger partial charge in [-0.05, 0) is 55.0 Å². The zero-order valence-corrected chi connectivity index (χ0v) is 19.0. The minimum Gasteiger partial charge on any atom is -0.493 e. The summed E-state index contributed by atoms with van der Waals surface area (Å²) in [6.45, 7) is 3.41. The first-order valence-corrected chi connectivity index (χ1v) is 10.7. The summed E-state index contributed by atoms with van der Waals surface area (Å²) in [6, 6.07) is 21.0. The van der Waals surface area contributed by atoms with Gasteiger partial charge < -0.3 is 24.1 Å². The van der Waals surface area contributed by atoms with Crippen LogP contribution in [0, 0.1) is 6.92 Å². The van der Waals surface area contributed by atoms with Crippen molar-refractivity contribution in [2.75, 3.05) is 20.8 Å². The zero-order valence-electron chi connectivity index (χ0n) is 19.0. The van der Waals surface area contributed by atoms with Crippen LogP contribution in [0.25, 0.3) is 11.0 Å². The zero-order chi connectivity index (χ0) is 23.2. The number of rotatable bonds is 9. The van der Waals surface area contributed by atoms with Gasteiger partial charge in [-0.2, -0.15) is 0 Å². The number of carbonyl (C=O) groups excluding carboxylic acids is 1. The van der Waals surface area contributed by atoms with Gasteiger partial charge in [0.15, 0.2) is 11.5 Å². The Morgan fingerprint density at radius 3 is 2.58 bits per heavy atom. The van der Waals surface area contributed by atoms with Crippen LogP contribution < -0.4 is 19.5 Å². The lowest BCUT2D eigenvalue weighted by atomic mass is 10.2. The van der Waals surface area contributed by atoms with Gasteiger partial charge >= 0.3 is 0 Å². The number of amides is 1. The number of benzene rings is 3. The fraction of sp³-hybridized carbons (Fsp3) is 0.231. The second kappa shape index (κ2) is 10.1. The molecule has 1 N–H and O–H groups in total. The number of nitrogens with one attached hydrogen (secondary N) is 1. The Hall–Kier alpha value is -4.00. The molecular weight excluding hydrogens is 418 g/mol. The van der Waals surface area contributed by atoms with Crippen molar-refractivity contribution in [2.24, 2.45) is 0 Å². The minimum atomic E-state index is -0.217. The van der Waals surface area contributed by atoms with E-state index in [1.54, 1.807) is 32.4 Å². The number of aryl methyl sites for hydroxylation is 1. The minimum absolute atomic E-state index is 0.217. The third-order valence-electron chi connectivity index (χ3n) is 5.36. The molecule has 7 nitrogen and oxygen atoms in total. The second-order valence-electron chi connectivity index (χ2n) is 7.59. The molecule has 0 fully saturated rings. The molecule has 0 atom stereocenters. The molecule has 0 saturated heterocycles. The maximum Gasteiger partial charge on any atom is 0.251 e. The predicted octanol–water partition coefficient (Wildman–Crippen LogP) is 4.37. The van der Waals surface area contributed by atoms with E-state index in [0.717, 1.165) is 28.2 Å². The van der Waals surface area contributed by atoms with Gasteiger partial charge in [-0.25, -0.2) is 4.98 Å². The van der Waals surface area contributed by atoms with Crippen LogP contribution in [0.2, 0.25) is 0 Å². The smallest absolute Gasteiger partial charge is 0.251 e. The molecule has 0 spiro atoms. The number of imidazole rings is 1. The fourth-order valence-corrected chi connectivity index (χ4v) is 3.71. The summed E-state index contributed by atoms with van der Waals surface area (Å²) in [5, 5.41) is 2.96. The molecule has 170 valence electrons. The van der Waals surface area contributed by atoms with E-state index in [4.69, 9.17) is 19.2 Å². The van der Waals surface area contributed by atoms with E-state index in [-0.39, 0.29) is 12.5 Å². The van der Waals surface area contributed by atoms with E-state index in [0.29, 0.717) is 30.2 Å². The number of para-hydroxylation sites is 2. The number of methoxy groups -OCH3 is 2.